The standard InChI is InChI=1S/C23H25N5O4/c1-32-21(29)10-11-25-22(30)17-6-8-20(9-7-17)27-23(31)26-14-18-4-2-3-5-19(18)15-28-13-12-24-16-28/h2-9,12-13,16H,10-11,14-15H2,1H3,(H,25,30)(H2,26,27,31). The van der Waals surface area contributed by atoms with Crippen molar-refractivity contribution < 1.29 is 19.1 Å². The summed E-state index contributed by atoms with van der Waals surface area (Å²) in [6.07, 6.45) is 5.47. The van der Waals surface area contributed by atoms with Crippen LogP contribution in [-0.2, 0) is 22.6 Å². The minimum atomic E-state index is -0.389. The number of imidazole rings is 1. The number of benzene rings is 2. The van der Waals surface area contributed by atoms with Crippen molar-refractivity contribution in [2.24, 2.45) is 0 Å². The van der Waals surface area contributed by atoms with Gasteiger partial charge in [-0.3, -0.25) is 9.59 Å². The molecule has 3 aromatic rings. The Morgan fingerprint density at radius 2 is 1.75 bits per heavy atom. The van der Waals surface area contributed by atoms with Crippen LogP contribution in [0.5, 0.6) is 0 Å². The maximum atomic E-state index is 12.3. The van der Waals surface area contributed by atoms with Crippen molar-refractivity contribution in [3.63, 3.8) is 0 Å². The number of methoxy groups -OCH3 is 1. The third-order valence-corrected chi connectivity index (χ3v) is 4.72. The summed E-state index contributed by atoms with van der Waals surface area (Å²) in [5.41, 5.74) is 3.08. The molecule has 3 N–H and O–H groups in total. The molecule has 2 aromatic carbocycles. The highest BCUT2D eigenvalue weighted by Gasteiger charge is 2.09. The van der Waals surface area contributed by atoms with E-state index in [1.165, 1.54) is 7.11 Å². The molecule has 0 atom stereocenters. The predicted molar refractivity (Wildman–Crippen MR) is 119 cm³/mol. The van der Waals surface area contributed by atoms with E-state index in [1.807, 2.05) is 35.0 Å². The van der Waals surface area contributed by atoms with Crippen LogP contribution in [0.25, 0.3) is 0 Å². The van der Waals surface area contributed by atoms with Crippen LogP contribution in [0.3, 0.4) is 0 Å². The number of rotatable bonds is 9. The number of urea groups is 1. The van der Waals surface area contributed by atoms with Crippen molar-refractivity contribution in [1.82, 2.24) is 20.2 Å². The number of ether oxygens (including phenoxy) is 1. The summed E-state index contributed by atoms with van der Waals surface area (Å²) in [6, 6.07) is 14.0. The van der Waals surface area contributed by atoms with E-state index in [1.54, 1.807) is 36.8 Å². The number of carbonyl (C=O) groups excluding carboxylic acids is 3. The number of amides is 3. The van der Waals surface area contributed by atoms with Crippen LogP contribution in [0.1, 0.15) is 27.9 Å². The number of nitrogens with zero attached hydrogens (tertiary/aromatic N) is 2. The van der Waals surface area contributed by atoms with Gasteiger partial charge in [-0.1, -0.05) is 24.3 Å². The molecule has 0 spiro atoms. The molecule has 9 heteroatoms. The Labute approximate surface area is 185 Å². The van der Waals surface area contributed by atoms with Gasteiger partial charge in [0.15, 0.2) is 0 Å². The molecule has 0 saturated heterocycles. The third kappa shape index (κ3) is 6.69. The van der Waals surface area contributed by atoms with E-state index >= 15 is 0 Å². The van der Waals surface area contributed by atoms with Crippen molar-refractivity contribution in [3.8, 4) is 0 Å². The van der Waals surface area contributed by atoms with E-state index in [0.717, 1.165) is 11.1 Å². The number of nitrogens with one attached hydrogen (secondary N) is 3. The zero-order valence-electron chi connectivity index (χ0n) is 17.7. The zero-order chi connectivity index (χ0) is 22.8. The molecule has 0 bridgehead atoms. The Kier molecular flexibility index (Phi) is 7.96. The number of anilines is 1. The molecular formula is C23H25N5O4. The lowest BCUT2D eigenvalue weighted by molar-refractivity contribution is -0.140. The van der Waals surface area contributed by atoms with Gasteiger partial charge in [0.25, 0.3) is 5.91 Å². The maximum absolute atomic E-state index is 12.3. The number of aromatic nitrogens is 2. The normalized spacial score (nSPS) is 10.3. The Balaban J connectivity index is 1.48. The van der Waals surface area contributed by atoms with Gasteiger partial charge >= 0.3 is 12.0 Å². The summed E-state index contributed by atoms with van der Waals surface area (Å²) in [5.74, 6) is -0.695. The Hall–Kier alpha value is -4.14. The molecule has 3 rings (SSSR count). The molecule has 32 heavy (non-hydrogen) atoms. The molecule has 0 fully saturated rings. The second-order valence-corrected chi connectivity index (χ2v) is 6.97. The summed E-state index contributed by atoms with van der Waals surface area (Å²) in [6.45, 7) is 1.23. The first-order valence-electron chi connectivity index (χ1n) is 10.1. The molecular weight excluding hydrogens is 410 g/mol. The van der Waals surface area contributed by atoms with E-state index in [0.29, 0.717) is 24.3 Å². The van der Waals surface area contributed by atoms with Crippen molar-refractivity contribution >= 4 is 23.6 Å². The minimum Gasteiger partial charge on any atom is -0.469 e. The molecule has 0 aliphatic rings. The van der Waals surface area contributed by atoms with E-state index in [4.69, 9.17) is 0 Å². The smallest absolute Gasteiger partial charge is 0.319 e. The SMILES string of the molecule is COC(=O)CCNC(=O)c1ccc(NC(=O)NCc2ccccc2Cn2ccnc2)cc1. The van der Waals surface area contributed by atoms with Gasteiger partial charge < -0.3 is 25.3 Å². The van der Waals surface area contributed by atoms with Gasteiger partial charge in [-0.2, -0.15) is 0 Å². The minimum absolute atomic E-state index is 0.105. The molecule has 9 nitrogen and oxygen atoms in total. The Morgan fingerprint density at radius 1 is 1.00 bits per heavy atom. The average Bonchev–Trinajstić information content (AvgIpc) is 3.32. The van der Waals surface area contributed by atoms with Crippen molar-refractivity contribution in [1.29, 1.82) is 0 Å². The van der Waals surface area contributed by atoms with Gasteiger partial charge in [0.1, 0.15) is 0 Å². The van der Waals surface area contributed by atoms with Crippen LogP contribution in [-0.4, -0.2) is 41.1 Å². The summed E-state index contributed by atoms with van der Waals surface area (Å²) in [5, 5.41) is 8.24. The second-order valence-electron chi connectivity index (χ2n) is 6.97. The molecule has 0 aliphatic heterocycles. The number of esters is 1. The first-order valence-corrected chi connectivity index (χ1v) is 10.1. The molecule has 1 aromatic heterocycles. The highest BCUT2D eigenvalue weighted by Crippen LogP contribution is 2.12. The van der Waals surface area contributed by atoms with Gasteiger partial charge in [-0.25, -0.2) is 9.78 Å². The molecule has 1 heterocycles. The van der Waals surface area contributed by atoms with Crippen LogP contribution >= 0.6 is 0 Å². The number of carbonyl (C=O) groups is 3. The third-order valence-electron chi connectivity index (χ3n) is 4.72. The monoisotopic (exact) mass is 435 g/mol. The maximum Gasteiger partial charge on any atom is 0.319 e. The molecule has 0 unspecified atom stereocenters. The lowest BCUT2D eigenvalue weighted by atomic mass is 10.1. The molecule has 0 radical (unpaired) electrons. The van der Waals surface area contributed by atoms with Crippen LogP contribution in [0.15, 0.2) is 67.3 Å². The molecule has 3 amide bonds. The van der Waals surface area contributed by atoms with E-state index in [2.05, 4.69) is 25.7 Å². The second kappa shape index (κ2) is 11.3. The first kappa shape index (κ1) is 22.5. The average molecular weight is 435 g/mol. The summed E-state index contributed by atoms with van der Waals surface area (Å²) >= 11 is 0. The topological polar surface area (TPSA) is 114 Å². The van der Waals surface area contributed by atoms with Gasteiger partial charge in [0.2, 0.25) is 0 Å². The van der Waals surface area contributed by atoms with Crippen LogP contribution in [0.4, 0.5) is 10.5 Å². The van der Waals surface area contributed by atoms with Gasteiger partial charge in [0, 0.05) is 43.3 Å². The van der Waals surface area contributed by atoms with Crippen LogP contribution in [0.2, 0.25) is 0 Å². The molecule has 166 valence electrons. The Bertz CT molecular complexity index is 1050. The fourth-order valence-electron chi connectivity index (χ4n) is 3.00. The summed E-state index contributed by atoms with van der Waals surface area (Å²) in [4.78, 5) is 39.5. The molecule has 0 saturated carbocycles. The van der Waals surface area contributed by atoms with Gasteiger partial charge in [0.05, 0.1) is 19.9 Å². The van der Waals surface area contributed by atoms with Crippen molar-refractivity contribution in [3.05, 3.63) is 83.9 Å². The van der Waals surface area contributed by atoms with Gasteiger partial charge in [-0.15, -0.1) is 0 Å². The van der Waals surface area contributed by atoms with Gasteiger partial charge in [-0.05, 0) is 35.4 Å². The Morgan fingerprint density at radius 3 is 2.44 bits per heavy atom. The lowest BCUT2D eigenvalue weighted by Gasteiger charge is -2.12. The highest BCUT2D eigenvalue weighted by atomic mass is 16.5. The van der Waals surface area contributed by atoms with Crippen molar-refractivity contribution in [2.45, 2.75) is 19.5 Å². The molecule has 0 aliphatic carbocycles. The summed E-state index contributed by atoms with van der Waals surface area (Å²) in [7, 11) is 1.30. The van der Waals surface area contributed by atoms with E-state index < -0.39 is 0 Å². The lowest BCUT2D eigenvalue weighted by Crippen LogP contribution is -2.29. The van der Waals surface area contributed by atoms with E-state index in [-0.39, 0.29) is 30.9 Å². The zero-order valence-corrected chi connectivity index (χ0v) is 17.7. The fraction of sp³-hybridized carbons (Fsp3) is 0.217. The number of hydrogen-bond acceptors (Lipinski definition) is 5. The van der Waals surface area contributed by atoms with Crippen LogP contribution < -0.4 is 16.0 Å². The quantitative estimate of drug-likeness (QED) is 0.447. The van der Waals surface area contributed by atoms with Crippen molar-refractivity contribution in [2.75, 3.05) is 19.0 Å². The number of hydrogen-bond donors (Lipinski definition) is 3. The van der Waals surface area contributed by atoms with Crippen LogP contribution in [0, 0.1) is 0 Å². The van der Waals surface area contributed by atoms with E-state index in [9.17, 15) is 14.4 Å². The largest absolute Gasteiger partial charge is 0.469 e. The predicted octanol–water partition coefficient (Wildman–Crippen LogP) is 2.55. The first-order chi connectivity index (χ1) is 15.5. The highest BCUT2D eigenvalue weighted by molar-refractivity contribution is 5.95. The summed E-state index contributed by atoms with van der Waals surface area (Å²) < 4.78 is 6.49. The fourth-order valence-corrected chi connectivity index (χ4v) is 3.00.